The average Bonchev–Trinajstić information content (AvgIpc) is 2.48. The second-order valence-corrected chi connectivity index (χ2v) is 4.98. The van der Waals surface area contributed by atoms with E-state index < -0.39 is 11.9 Å². The summed E-state index contributed by atoms with van der Waals surface area (Å²) in [6, 6.07) is 9.90. The number of hydrogen-bond acceptors (Lipinski definition) is 3. The van der Waals surface area contributed by atoms with Crippen LogP contribution in [0.2, 0.25) is 0 Å². The second-order valence-electron chi connectivity index (χ2n) is 4.98. The lowest BCUT2D eigenvalue weighted by Crippen LogP contribution is -2.13. The van der Waals surface area contributed by atoms with Crippen molar-refractivity contribution < 1.29 is 18.7 Å². The standard InChI is InChI=1S/C17H18FNO3/c1-11-4-7-16(12(2)8-11)22-10-13-9-14(18)5-6-15(13)19-17(20)21-3/h4-9H,10H2,1-3H3,(H,19,20). The average molecular weight is 303 g/mol. The maximum absolute atomic E-state index is 13.4. The van der Waals surface area contributed by atoms with Crippen LogP contribution in [0.1, 0.15) is 16.7 Å². The number of amides is 1. The number of benzene rings is 2. The summed E-state index contributed by atoms with van der Waals surface area (Å²) in [7, 11) is 1.27. The number of nitrogens with one attached hydrogen (secondary N) is 1. The van der Waals surface area contributed by atoms with Gasteiger partial charge in [0, 0.05) is 5.56 Å². The first-order valence-electron chi connectivity index (χ1n) is 6.83. The van der Waals surface area contributed by atoms with Crippen LogP contribution in [-0.4, -0.2) is 13.2 Å². The number of carbonyl (C=O) groups is 1. The molecule has 0 heterocycles. The lowest BCUT2D eigenvalue weighted by molar-refractivity contribution is 0.187. The zero-order valence-corrected chi connectivity index (χ0v) is 12.8. The number of rotatable bonds is 4. The van der Waals surface area contributed by atoms with Crippen molar-refractivity contribution in [2.24, 2.45) is 0 Å². The Bertz CT molecular complexity index is 686. The lowest BCUT2D eigenvalue weighted by Gasteiger charge is -2.13. The molecule has 0 radical (unpaired) electrons. The van der Waals surface area contributed by atoms with Gasteiger partial charge in [0.25, 0.3) is 0 Å². The fourth-order valence-electron chi connectivity index (χ4n) is 2.08. The van der Waals surface area contributed by atoms with Crippen molar-refractivity contribution in [1.29, 1.82) is 0 Å². The van der Waals surface area contributed by atoms with E-state index in [1.54, 1.807) is 0 Å². The third-order valence-corrected chi connectivity index (χ3v) is 3.20. The van der Waals surface area contributed by atoms with Crippen molar-refractivity contribution in [1.82, 2.24) is 0 Å². The molecule has 1 N–H and O–H groups in total. The molecule has 0 atom stereocenters. The number of hydrogen-bond donors (Lipinski definition) is 1. The minimum atomic E-state index is -0.612. The van der Waals surface area contributed by atoms with Gasteiger partial charge in [-0.25, -0.2) is 9.18 Å². The maximum Gasteiger partial charge on any atom is 0.411 e. The van der Waals surface area contributed by atoms with E-state index in [1.807, 2.05) is 32.0 Å². The fourth-order valence-corrected chi connectivity index (χ4v) is 2.08. The first kappa shape index (κ1) is 15.8. The van der Waals surface area contributed by atoms with Crippen molar-refractivity contribution >= 4 is 11.8 Å². The van der Waals surface area contributed by atoms with E-state index >= 15 is 0 Å². The van der Waals surface area contributed by atoms with Gasteiger partial charge in [-0.3, -0.25) is 5.32 Å². The van der Waals surface area contributed by atoms with E-state index in [9.17, 15) is 9.18 Å². The maximum atomic E-state index is 13.4. The molecule has 0 saturated heterocycles. The Morgan fingerprint density at radius 1 is 1.18 bits per heavy atom. The number of carbonyl (C=O) groups excluding carboxylic acids is 1. The molecule has 0 aliphatic rings. The number of methoxy groups -OCH3 is 1. The fraction of sp³-hybridized carbons (Fsp3) is 0.235. The quantitative estimate of drug-likeness (QED) is 0.921. The molecular formula is C17H18FNO3. The van der Waals surface area contributed by atoms with Crippen molar-refractivity contribution in [3.05, 3.63) is 58.9 Å². The van der Waals surface area contributed by atoms with Gasteiger partial charge in [-0.1, -0.05) is 17.7 Å². The number of anilines is 1. The number of ether oxygens (including phenoxy) is 2. The number of aryl methyl sites for hydroxylation is 2. The van der Waals surface area contributed by atoms with Gasteiger partial charge in [0.1, 0.15) is 18.2 Å². The van der Waals surface area contributed by atoms with Crippen LogP contribution in [-0.2, 0) is 11.3 Å². The highest BCUT2D eigenvalue weighted by atomic mass is 19.1. The molecule has 0 bridgehead atoms. The highest BCUT2D eigenvalue weighted by molar-refractivity contribution is 5.85. The highest BCUT2D eigenvalue weighted by Gasteiger charge is 2.09. The zero-order chi connectivity index (χ0) is 16.1. The first-order valence-corrected chi connectivity index (χ1v) is 6.83. The lowest BCUT2D eigenvalue weighted by atomic mass is 10.1. The molecule has 0 unspecified atom stereocenters. The third-order valence-electron chi connectivity index (χ3n) is 3.20. The van der Waals surface area contributed by atoms with Crippen LogP contribution in [0.15, 0.2) is 36.4 Å². The van der Waals surface area contributed by atoms with Gasteiger partial charge >= 0.3 is 6.09 Å². The summed E-state index contributed by atoms with van der Waals surface area (Å²) < 4.78 is 23.7. The Hall–Kier alpha value is -2.56. The van der Waals surface area contributed by atoms with E-state index in [-0.39, 0.29) is 6.61 Å². The molecule has 2 aromatic rings. The monoisotopic (exact) mass is 303 g/mol. The summed E-state index contributed by atoms with van der Waals surface area (Å²) in [4.78, 5) is 11.3. The van der Waals surface area contributed by atoms with Crippen LogP contribution in [0.3, 0.4) is 0 Å². The Kier molecular flexibility index (Phi) is 4.99. The van der Waals surface area contributed by atoms with E-state index in [0.29, 0.717) is 11.3 Å². The van der Waals surface area contributed by atoms with Crippen LogP contribution < -0.4 is 10.1 Å². The SMILES string of the molecule is COC(=O)Nc1ccc(F)cc1COc1ccc(C)cc1C. The zero-order valence-electron chi connectivity index (χ0n) is 12.8. The van der Waals surface area contributed by atoms with Crippen LogP contribution in [0.25, 0.3) is 0 Å². The molecular weight excluding hydrogens is 285 g/mol. The predicted molar refractivity (Wildman–Crippen MR) is 82.7 cm³/mol. The minimum absolute atomic E-state index is 0.140. The summed E-state index contributed by atoms with van der Waals surface area (Å²) in [5.41, 5.74) is 3.13. The van der Waals surface area contributed by atoms with E-state index in [2.05, 4.69) is 10.1 Å². The van der Waals surface area contributed by atoms with Crippen LogP contribution in [0.4, 0.5) is 14.9 Å². The van der Waals surface area contributed by atoms with Gasteiger partial charge in [-0.2, -0.15) is 0 Å². The summed E-state index contributed by atoms with van der Waals surface area (Å²) in [5, 5.41) is 2.54. The molecule has 4 nitrogen and oxygen atoms in total. The van der Waals surface area contributed by atoms with Crippen molar-refractivity contribution in [3.63, 3.8) is 0 Å². The molecule has 0 aromatic heterocycles. The Labute approximate surface area is 128 Å². The van der Waals surface area contributed by atoms with Crippen LogP contribution in [0, 0.1) is 19.7 Å². The Morgan fingerprint density at radius 2 is 1.95 bits per heavy atom. The summed E-state index contributed by atoms with van der Waals surface area (Å²) in [5.74, 6) is 0.327. The van der Waals surface area contributed by atoms with Crippen molar-refractivity contribution in [3.8, 4) is 5.75 Å². The third kappa shape index (κ3) is 3.97. The van der Waals surface area contributed by atoms with Gasteiger partial charge in [-0.15, -0.1) is 0 Å². The normalized spacial score (nSPS) is 10.2. The van der Waals surface area contributed by atoms with E-state index in [1.165, 1.54) is 25.3 Å². The predicted octanol–water partition coefficient (Wildman–Crippen LogP) is 4.20. The van der Waals surface area contributed by atoms with Gasteiger partial charge in [-0.05, 0) is 43.7 Å². The molecule has 0 fully saturated rings. The first-order chi connectivity index (χ1) is 10.5. The molecule has 2 rings (SSSR count). The second kappa shape index (κ2) is 6.93. The van der Waals surface area contributed by atoms with Crippen molar-refractivity contribution in [2.75, 3.05) is 12.4 Å². The summed E-state index contributed by atoms with van der Waals surface area (Å²) in [6.07, 6.45) is -0.612. The topological polar surface area (TPSA) is 47.6 Å². The molecule has 0 aliphatic carbocycles. The Balaban J connectivity index is 2.17. The van der Waals surface area contributed by atoms with Gasteiger partial charge < -0.3 is 9.47 Å². The van der Waals surface area contributed by atoms with Gasteiger partial charge in [0.15, 0.2) is 0 Å². The van der Waals surface area contributed by atoms with E-state index in [0.717, 1.165) is 16.9 Å². The van der Waals surface area contributed by atoms with Gasteiger partial charge in [0.2, 0.25) is 0 Å². The van der Waals surface area contributed by atoms with Crippen LogP contribution in [0.5, 0.6) is 5.75 Å². The molecule has 0 aliphatic heterocycles. The molecule has 0 saturated carbocycles. The molecule has 2 aromatic carbocycles. The molecule has 0 spiro atoms. The summed E-state index contributed by atoms with van der Waals surface area (Å²) >= 11 is 0. The Morgan fingerprint density at radius 3 is 2.64 bits per heavy atom. The molecule has 5 heteroatoms. The highest BCUT2D eigenvalue weighted by Crippen LogP contribution is 2.23. The minimum Gasteiger partial charge on any atom is -0.489 e. The smallest absolute Gasteiger partial charge is 0.411 e. The number of halogens is 1. The molecule has 116 valence electrons. The summed E-state index contributed by atoms with van der Waals surface area (Å²) in [6.45, 7) is 4.09. The van der Waals surface area contributed by atoms with E-state index in [4.69, 9.17) is 4.74 Å². The van der Waals surface area contributed by atoms with Gasteiger partial charge in [0.05, 0.1) is 12.8 Å². The molecule has 22 heavy (non-hydrogen) atoms. The largest absolute Gasteiger partial charge is 0.489 e. The van der Waals surface area contributed by atoms with Crippen LogP contribution >= 0.6 is 0 Å². The van der Waals surface area contributed by atoms with Crippen molar-refractivity contribution in [2.45, 2.75) is 20.5 Å². The molecule has 1 amide bonds.